The third kappa shape index (κ3) is 4.73. The van der Waals surface area contributed by atoms with Crippen molar-refractivity contribution >= 4 is 21.8 Å². The molecule has 2 aromatic carbocycles. The largest absolute Gasteiger partial charge is 0.354 e. The van der Waals surface area contributed by atoms with Crippen LogP contribution in [0.1, 0.15) is 11.1 Å². The van der Waals surface area contributed by atoms with Crippen LogP contribution in [0.5, 0.6) is 0 Å². The lowest BCUT2D eigenvalue weighted by Crippen LogP contribution is -2.30. The number of rotatable bonds is 6. The Morgan fingerprint density at radius 1 is 1.16 bits per heavy atom. The molecular weight excluding hydrogens is 382 g/mol. The number of hydrogen-bond acceptors (Lipinski definition) is 4. The molecule has 0 aliphatic rings. The Morgan fingerprint density at radius 3 is 2.68 bits per heavy atom. The SMILES string of the molecule is Cc1ccccc1CCNC(=O)Cn1nnc(-c2ccc(Br)cc2)n1. The monoisotopic (exact) mass is 399 g/mol. The molecule has 0 saturated heterocycles. The number of aryl methyl sites for hydroxylation is 1. The number of aromatic nitrogens is 4. The topological polar surface area (TPSA) is 72.7 Å². The van der Waals surface area contributed by atoms with E-state index >= 15 is 0 Å². The van der Waals surface area contributed by atoms with Crippen LogP contribution >= 0.6 is 15.9 Å². The average molecular weight is 400 g/mol. The van der Waals surface area contributed by atoms with E-state index < -0.39 is 0 Å². The highest BCUT2D eigenvalue weighted by Crippen LogP contribution is 2.17. The molecular formula is C18H18BrN5O. The minimum absolute atomic E-state index is 0.0529. The molecule has 0 atom stereocenters. The highest BCUT2D eigenvalue weighted by atomic mass is 79.9. The number of benzene rings is 2. The highest BCUT2D eigenvalue weighted by molar-refractivity contribution is 9.10. The van der Waals surface area contributed by atoms with Gasteiger partial charge in [-0.3, -0.25) is 4.79 Å². The van der Waals surface area contributed by atoms with Crippen molar-refractivity contribution in [2.75, 3.05) is 6.54 Å². The predicted octanol–water partition coefficient (Wildman–Crippen LogP) is 2.77. The first kappa shape index (κ1) is 17.3. The Hall–Kier alpha value is -2.54. The van der Waals surface area contributed by atoms with E-state index in [1.807, 2.05) is 36.4 Å². The quantitative estimate of drug-likeness (QED) is 0.691. The van der Waals surface area contributed by atoms with Gasteiger partial charge < -0.3 is 5.32 Å². The van der Waals surface area contributed by atoms with Crippen molar-refractivity contribution in [2.24, 2.45) is 0 Å². The first-order chi connectivity index (χ1) is 12.1. The van der Waals surface area contributed by atoms with Crippen molar-refractivity contribution in [2.45, 2.75) is 19.9 Å². The lowest BCUT2D eigenvalue weighted by molar-refractivity contribution is -0.122. The minimum atomic E-state index is -0.131. The lowest BCUT2D eigenvalue weighted by Gasteiger charge is -2.07. The Bertz CT molecular complexity index is 860. The first-order valence-electron chi connectivity index (χ1n) is 7.97. The van der Waals surface area contributed by atoms with Gasteiger partial charge in [0.1, 0.15) is 6.54 Å². The molecule has 0 spiro atoms. The summed E-state index contributed by atoms with van der Waals surface area (Å²) in [5.74, 6) is 0.369. The average Bonchev–Trinajstić information content (AvgIpc) is 3.05. The number of carbonyl (C=O) groups excluding carboxylic acids is 1. The molecule has 1 amide bonds. The molecule has 0 bridgehead atoms. The molecule has 1 aromatic heterocycles. The van der Waals surface area contributed by atoms with Gasteiger partial charge in [-0.1, -0.05) is 40.2 Å². The van der Waals surface area contributed by atoms with Crippen molar-refractivity contribution in [3.63, 3.8) is 0 Å². The molecule has 0 radical (unpaired) electrons. The second-order valence-electron chi connectivity index (χ2n) is 5.68. The Balaban J connectivity index is 1.51. The maximum atomic E-state index is 12.0. The van der Waals surface area contributed by atoms with Gasteiger partial charge in [0, 0.05) is 16.6 Å². The van der Waals surface area contributed by atoms with Gasteiger partial charge in [0.2, 0.25) is 11.7 Å². The van der Waals surface area contributed by atoms with Crippen LogP contribution in [-0.4, -0.2) is 32.7 Å². The van der Waals surface area contributed by atoms with E-state index in [0.717, 1.165) is 16.5 Å². The number of nitrogens with one attached hydrogen (secondary N) is 1. The molecule has 6 nitrogen and oxygen atoms in total. The van der Waals surface area contributed by atoms with Crippen LogP contribution in [0.2, 0.25) is 0 Å². The molecule has 3 aromatic rings. The van der Waals surface area contributed by atoms with E-state index in [-0.39, 0.29) is 12.5 Å². The second kappa shape index (κ2) is 8.02. The normalized spacial score (nSPS) is 10.6. The molecule has 25 heavy (non-hydrogen) atoms. The van der Waals surface area contributed by atoms with Gasteiger partial charge in [-0.2, -0.15) is 4.80 Å². The first-order valence-corrected chi connectivity index (χ1v) is 8.76. The van der Waals surface area contributed by atoms with Gasteiger partial charge in [-0.05, 0) is 54.0 Å². The summed E-state index contributed by atoms with van der Waals surface area (Å²) in [5, 5.41) is 15.1. The number of halogens is 1. The fourth-order valence-electron chi connectivity index (χ4n) is 2.44. The van der Waals surface area contributed by atoms with E-state index in [1.54, 1.807) is 0 Å². The van der Waals surface area contributed by atoms with E-state index in [4.69, 9.17) is 0 Å². The minimum Gasteiger partial charge on any atom is -0.354 e. The summed E-state index contributed by atoms with van der Waals surface area (Å²) in [6, 6.07) is 15.8. The van der Waals surface area contributed by atoms with Crippen LogP contribution in [-0.2, 0) is 17.8 Å². The second-order valence-corrected chi connectivity index (χ2v) is 6.59. The fourth-order valence-corrected chi connectivity index (χ4v) is 2.70. The number of amides is 1. The third-order valence-corrected chi connectivity index (χ3v) is 4.35. The van der Waals surface area contributed by atoms with Crippen LogP contribution in [0, 0.1) is 6.92 Å². The van der Waals surface area contributed by atoms with Crippen molar-refractivity contribution in [1.29, 1.82) is 0 Å². The maximum Gasteiger partial charge on any atom is 0.243 e. The summed E-state index contributed by atoms with van der Waals surface area (Å²) in [5.41, 5.74) is 3.32. The zero-order valence-electron chi connectivity index (χ0n) is 13.8. The van der Waals surface area contributed by atoms with Crippen LogP contribution in [0.3, 0.4) is 0 Å². The smallest absolute Gasteiger partial charge is 0.243 e. The van der Waals surface area contributed by atoms with Crippen LogP contribution < -0.4 is 5.32 Å². The molecule has 128 valence electrons. The van der Waals surface area contributed by atoms with E-state index in [1.165, 1.54) is 15.9 Å². The Morgan fingerprint density at radius 2 is 1.92 bits per heavy atom. The number of carbonyl (C=O) groups is 1. The highest BCUT2D eigenvalue weighted by Gasteiger charge is 2.09. The van der Waals surface area contributed by atoms with E-state index in [9.17, 15) is 4.79 Å². The number of nitrogens with zero attached hydrogens (tertiary/aromatic N) is 4. The van der Waals surface area contributed by atoms with Gasteiger partial charge in [-0.25, -0.2) is 0 Å². The zero-order chi connectivity index (χ0) is 17.6. The van der Waals surface area contributed by atoms with Crippen molar-refractivity contribution in [1.82, 2.24) is 25.5 Å². The molecule has 0 saturated carbocycles. The molecule has 1 heterocycles. The van der Waals surface area contributed by atoms with Crippen molar-refractivity contribution < 1.29 is 4.79 Å². The molecule has 1 N–H and O–H groups in total. The molecule has 0 aliphatic carbocycles. The summed E-state index contributed by atoms with van der Waals surface area (Å²) in [6.45, 7) is 2.70. The van der Waals surface area contributed by atoms with Gasteiger partial charge in [-0.15, -0.1) is 10.2 Å². The summed E-state index contributed by atoms with van der Waals surface area (Å²) >= 11 is 3.39. The molecule has 7 heteroatoms. The standard InChI is InChI=1S/C18H18BrN5O/c1-13-4-2-3-5-14(13)10-11-20-17(25)12-24-22-18(21-23-24)15-6-8-16(19)9-7-15/h2-9H,10-12H2,1H3,(H,20,25). The Kier molecular flexibility index (Phi) is 5.55. The maximum absolute atomic E-state index is 12.0. The molecule has 0 aliphatic heterocycles. The predicted molar refractivity (Wildman–Crippen MR) is 98.8 cm³/mol. The van der Waals surface area contributed by atoms with Gasteiger partial charge in [0.15, 0.2) is 0 Å². The fraction of sp³-hybridized carbons (Fsp3) is 0.222. The van der Waals surface area contributed by atoms with Gasteiger partial charge in [0.05, 0.1) is 0 Å². The molecule has 0 fully saturated rings. The van der Waals surface area contributed by atoms with Crippen molar-refractivity contribution in [3.8, 4) is 11.4 Å². The molecule has 0 unspecified atom stereocenters. The zero-order valence-corrected chi connectivity index (χ0v) is 15.4. The molecule has 3 rings (SSSR count). The number of hydrogen-bond donors (Lipinski definition) is 1. The van der Waals surface area contributed by atoms with Crippen LogP contribution in [0.25, 0.3) is 11.4 Å². The summed E-state index contributed by atoms with van der Waals surface area (Å²) < 4.78 is 0.983. The summed E-state index contributed by atoms with van der Waals surface area (Å²) in [6.07, 6.45) is 0.799. The summed E-state index contributed by atoms with van der Waals surface area (Å²) in [4.78, 5) is 13.3. The lowest BCUT2D eigenvalue weighted by atomic mass is 10.1. The van der Waals surface area contributed by atoms with Crippen LogP contribution in [0.15, 0.2) is 53.0 Å². The van der Waals surface area contributed by atoms with Gasteiger partial charge in [0.25, 0.3) is 0 Å². The van der Waals surface area contributed by atoms with E-state index in [2.05, 4.69) is 55.7 Å². The Labute approximate surface area is 154 Å². The summed E-state index contributed by atoms with van der Waals surface area (Å²) in [7, 11) is 0. The van der Waals surface area contributed by atoms with E-state index in [0.29, 0.717) is 12.4 Å². The number of tetrazole rings is 1. The van der Waals surface area contributed by atoms with Crippen molar-refractivity contribution in [3.05, 3.63) is 64.1 Å². The van der Waals surface area contributed by atoms with Gasteiger partial charge >= 0.3 is 0 Å². The third-order valence-electron chi connectivity index (χ3n) is 3.82. The van der Waals surface area contributed by atoms with Crippen LogP contribution in [0.4, 0.5) is 0 Å².